The van der Waals surface area contributed by atoms with Crippen LogP contribution in [0.3, 0.4) is 0 Å². The molecule has 0 fully saturated rings. The molecule has 0 radical (unpaired) electrons. The lowest BCUT2D eigenvalue weighted by atomic mass is 10.1. The maximum atomic E-state index is 13.1. The summed E-state index contributed by atoms with van der Waals surface area (Å²) in [5.74, 6) is -1.68. The van der Waals surface area contributed by atoms with Crippen LogP contribution in [0.1, 0.15) is 5.69 Å². The average molecular weight is 234 g/mol. The first-order chi connectivity index (χ1) is 8.20. The van der Waals surface area contributed by atoms with Gasteiger partial charge in [0, 0.05) is 18.3 Å². The minimum absolute atomic E-state index is 0.618. The number of hydrogen-bond acceptors (Lipinski definition) is 2. The van der Waals surface area contributed by atoms with E-state index in [0.29, 0.717) is 12.1 Å². The van der Waals surface area contributed by atoms with Crippen molar-refractivity contribution in [2.45, 2.75) is 6.54 Å². The number of nitrogens with one attached hydrogen (secondary N) is 1. The van der Waals surface area contributed by atoms with E-state index < -0.39 is 11.6 Å². The SMILES string of the molecule is CNCc1ccc(-c2ccc(F)c(F)c2)cn1. The van der Waals surface area contributed by atoms with Gasteiger partial charge in [-0.3, -0.25) is 4.98 Å². The van der Waals surface area contributed by atoms with E-state index in [-0.39, 0.29) is 0 Å². The topological polar surface area (TPSA) is 24.9 Å². The molecule has 0 saturated carbocycles. The Morgan fingerprint density at radius 1 is 1.06 bits per heavy atom. The van der Waals surface area contributed by atoms with Crippen LogP contribution in [-0.4, -0.2) is 12.0 Å². The van der Waals surface area contributed by atoms with Gasteiger partial charge in [0.25, 0.3) is 0 Å². The van der Waals surface area contributed by atoms with Crippen molar-refractivity contribution >= 4 is 0 Å². The Balaban J connectivity index is 2.30. The van der Waals surface area contributed by atoms with Crippen molar-refractivity contribution in [3.8, 4) is 11.1 Å². The predicted molar refractivity (Wildman–Crippen MR) is 62.4 cm³/mol. The molecule has 0 unspecified atom stereocenters. The molecule has 0 saturated heterocycles. The fraction of sp³-hybridized carbons (Fsp3) is 0.154. The molecule has 0 amide bonds. The number of halogens is 2. The van der Waals surface area contributed by atoms with Gasteiger partial charge in [-0.15, -0.1) is 0 Å². The third-order valence-electron chi connectivity index (χ3n) is 2.44. The molecule has 0 spiro atoms. The van der Waals surface area contributed by atoms with Crippen LogP contribution >= 0.6 is 0 Å². The molecular weight excluding hydrogens is 222 g/mol. The second-order valence-corrected chi connectivity index (χ2v) is 3.70. The second kappa shape index (κ2) is 5.01. The average Bonchev–Trinajstić information content (AvgIpc) is 2.34. The number of rotatable bonds is 3. The summed E-state index contributed by atoms with van der Waals surface area (Å²) in [6.07, 6.45) is 1.65. The lowest BCUT2D eigenvalue weighted by molar-refractivity contribution is 0.509. The molecule has 2 rings (SSSR count). The molecule has 0 bridgehead atoms. The van der Waals surface area contributed by atoms with Gasteiger partial charge in [-0.05, 0) is 30.8 Å². The van der Waals surface area contributed by atoms with Crippen molar-refractivity contribution in [3.05, 3.63) is 53.9 Å². The van der Waals surface area contributed by atoms with Crippen molar-refractivity contribution < 1.29 is 8.78 Å². The summed E-state index contributed by atoms with van der Waals surface area (Å²) < 4.78 is 25.8. The monoisotopic (exact) mass is 234 g/mol. The van der Waals surface area contributed by atoms with Crippen LogP contribution in [0.4, 0.5) is 8.78 Å². The van der Waals surface area contributed by atoms with Gasteiger partial charge in [0.05, 0.1) is 5.69 Å². The highest BCUT2D eigenvalue weighted by molar-refractivity contribution is 5.62. The molecule has 0 aliphatic heterocycles. The van der Waals surface area contributed by atoms with Gasteiger partial charge in [-0.1, -0.05) is 12.1 Å². The van der Waals surface area contributed by atoms with Gasteiger partial charge < -0.3 is 5.32 Å². The molecule has 0 aliphatic rings. The number of aromatic nitrogens is 1. The maximum absolute atomic E-state index is 13.1. The van der Waals surface area contributed by atoms with Crippen LogP contribution in [0.5, 0.6) is 0 Å². The zero-order valence-corrected chi connectivity index (χ0v) is 9.37. The smallest absolute Gasteiger partial charge is 0.159 e. The quantitative estimate of drug-likeness (QED) is 0.883. The summed E-state index contributed by atoms with van der Waals surface area (Å²) >= 11 is 0. The highest BCUT2D eigenvalue weighted by Gasteiger charge is 2.04. The third-order valence-corrected chi connectivity index (χ3v) is 2.44. The molecule has 1 N–H and O–H groups in total. The maximum Gasteiger partial charge on any atom is 0.159 e. The Hall–Kier alpha value is -1.81. The molecule has 1 aromatic heterocycles. The highest BCUT2D eigenvalue weighted by Crippen LogP contribution is 2.20. The number of nitrogens with zero attached hydrogens (tertiary/aromatic N) is 1. The van der Waals surface area contributed by atoms with Crippen molar-refractivity contribution in [1.29, 1.82) is 0 Å². The minimum Gasteiger partial charge on any atom is -0.314 e. The largest absolute Gasteiger partial charge is 0.314 e. The van der Waals surface area contributed by atoms with Crippen LogP contribution in [0.2, 0.25) is 0 Å². The van der Waals surface area contributed by atoms with Gasteiger partial charge in [-0.25, -0.2) is 8.78 Å². The molecule has 1 heterocycles. The van der Waals surface area contributed by atoms with Gasteiger partial charge in [0.15, 0.2) is 11.6 Å². The Morgan fingerprint density at radius 3 is 2.41 bits per heavy atom. The molecule has 17 heavy (non-hydrogen) atoms. The fourth-order valence-electron chi connectivity index (χ4n) is 1.56. The van der Waals surface area contributed by atoms with Crippen LogP contribution in [0, 0.1) is 11.6 Å². The zero-order valence-electron chi connectivity index (χ0n) is 9.37. The molecule has 4 heteroatoms. The van der Waals surface area contributed by atoms with Crippen LogP contribution in [-0.2, 0) is 6.54 Å². The van der Waals surface area contributed by atoms with Gasteiger partial charge in [0.2, 0.25) is 0 Å². The molecular formula is C13H12F2N2. The Bertz CT molecular complexity index is 509. The summed E-state index contributed by atoms with van der Waals surface area (Å²) in [6, 6.07) is 7.52. The molecule has 88 valence electrons. The molecule has 2 nitrogen and oxygen atoms in total. The lowest BCUT2D eigenvalue weighted by Crippen LogP contribution is -2.06. The van der Waals surface area contributed by atoms with Gasteiger partial charge in [0.1, 0.15) is 0 Å². The Kier molecular flexibility index (Phi) is 3.44. The summed E-state index contributed by atoms with van der Waals surface area (Å²) in [5, 5.41) is 2.99. The van der Waals surface area contributed by atoms with Crippen molar-refractivity contribution in [2.75, 3.05) is 7.05 Å². The Labute approximate surface area is 98.3 Å². The normalized spacial score (nSPS) is 10.5. The second-order valence-electron chi connectivity index (χ2n) is 3.70. The summed E-state index contributed by atoms with van der Waals surface area (Å²) in [7, 11) is 1.84. The first-order valence-electron chi connectivity index (χ1n) is 5.25. The fourth-order valence-corrected chi connectivity index (χ4v) is 1.56. The number of hydrogen-bond donors (Lipinski definition) is 1. The molecule has 2 aromatic rings. The minimum atomic E-state index is -0.846. The van der Waals surface area contributed by atoms with E-state index >= 15 is 0 Å². The zero-order chi connectivity index (χ0) is 12.3. The first kappa shape index (κ1) is 11.7. The van der Waals surface area contributed by atoms with Crippen LogP contribution < -0.4 is 5.32 Å². The lowest BCUT2D eigenvalue weighted by Gasteiger charge is -2.04. The first-order valence-corrected chi connectivity index (χ1v) is 5.25. The molecule has 0 aliphatic carbocycles. The van der Waals surface area contributed by atoms with Crippen molar-refractivity contribution in [2.24, 2.45) is 0 Å². The third kappa shape index (κ3) is 2.65. The van der Waals surface area contributed by atoms with Crippen molar-refractivity contribution in [1.82, 2.24) is 10.3 Å². The molecule has 0 atom stereocenters. The van der Waals surface area contributed by atoms with E-state index in [0.717, 1.165) is 17.3 Å². The highest BCUT2D eigenvalue weighted by atomic mass is 19.2. The predicted octanol–water partition coefficient (Wildman–Crippen LogP) is 2.75. The molecule has 1 aromatic carbocycles. The van der Waals surface area contributed by atoms with E-state index in [9.17, 15) is 8.78 Å². The summed E-state index contributed by atoms with van der Waals surface area (Å²) in [4.78, 5) is 4.22. The van der Waals surface area contributed by atoms with E-state index in [1.165, 1.54) is 12.1 Å². The van der Waals surface area contributed by atoms with E-state index in [1.807, 2.05) is 19.2 Å². The Morgan fingerprint density at radius 2 is 1.82 bits per heavy atom. The van der Waals surface area contributed by atoms with E-state index in [2.05, 4.69) is 10.3 Å². The van der Waals surface area contributed by atoms with E-state index in [4.69, 9.17) is 0 Å². The van der Waals surface area contributed by atoms with Gasteiger partial charge >= 0.3 is 0 Å². The summed E-state index contributed by atoms with van der Waals surface area (Å²) in [5.41, 5.74) is 2.29. The van der Waals surface area contributed by atoms with Gasteiger partial charge in [-0.2, -0.15) is 0 Å². The standard InChI is InChI=1S/C13H12F2N2/c1-16-8-11-4-2-10(7-17-11)9-3-5-12(14)13(15)6-9/h2-7,16H,8H2,1H3. The number of pyridine rings is 1. The number of benzene rings is 1. The van der Waals surface area contributed by atoms with Crippen molar-refractivity contribution in [3.63, 3.8) is 0 Å². The van der Waals surface area contributed by atoms with E-state index in [1.54, 1.807) is 6.20 Å². The van der Waals surface area contributed by atoms with Crippen LogP contribution in [0.15, 0.2) is 36.5 Å². The summed E-state index contributed by atoms with van der Waals surface area (Å²) in [6.45, 7) is 0.679. The van der Waals surface area contributed by atoms with Crippen LogP contribution in [0.25, 0.3) is 11.1 Å².